The van der Waals surface area contributed by atoms with Crippen molar-refractivity contribution in [3.05, 3.63) is 46.3 Å². The quantitative estimate of drug-likeness (QED) is 0.226. The first-order valence-electron chi connectivity index (χ1n) is 8.22. The predicted octanol–water partition coefficient (Wildman–Crippen LogP) is 2.39. The molecular weight excluding hydrogens is 423 g/mol. The van der Waals surface area contributed by atoms with Crippen molar-refractivity contribution in [1.82, 2.24) is 0 Å². The van der Waals surface area contributed by atoms with E-state index in [-0.39, 0.29) is 6.61 Å². The average Bonchev–Trinajstić information content (AvgIpc) is 2.68. The minimum Gasteiger partial charge on any atom is -0.353 e. The Morgan fingerprint density at radius 2 is 1.93 bits per heavy atom. The molecule has 2 aliphatic heterocycles. The van der Waals surface area contributed by atoms with E-state index in [2.05, 4.69) is 14.2 Å². The van der Waals surface area contributed by atoms with Gasteiger partial charge < -0.3 is 18.9 Å². The summed E-state index contributed by atoms with van der Waals surface area (Å²) in [7, 11) is -4.95. The van der Waals surface area contributed by atoms with Crippen molar-refractivity contribution in [3.63, 3.8) is 0 Å². The number of nitrogens with zero attached hydrogens (tertiary/aromatic N) is 3. The lowest BCUT2D eigenvalue weighted by molar-refractivity contribution is -0.335. The highest BCUT2D eigenvalue weighted by molar-refractivity contribution is 7.87. The Morgan fingerprint density at radius 3 is 2.52 bits per heavy atom. The Kier molecular flexibility index (Phi) is 6.33. The van der Waals surface area contributed by atoms with Crippen LogP contribution in [-0.2, 0) is 33.2 Å². The smallest absolute Gasteiger partial charge is 0.353 e. The molecule has 0 N–H and O–H groups in total. The molecule has 0 aliphatic carbocycles. The van der Waals surface area contributed by atoms with Crippen LogP contribution < -0.4 is 0 Å². The average molecular weight is 439 g/mol. The van der Waals surface area contributed by atoms with Gasteiger partial charge >= 0.3 is 15.6 Å². The fourth-order valence-electron chi connectivity index (χ4n) is 3.03. The van der Waals surface area contributed by atoms with Crippen molar-refractivity contribution in [1.29, 1.82) is 0 Å². The summed E-state index contributed by atoms with van der Waals surface area (Å²) in [5.41, 5.74) is 3.80. The summed E-state index contributed by atoms with van der Waals surface area (Å²) in [5.74, 6) is 0. The molecule has 0 unspecified atom stereocenters. The van der Waals surface area contributed by atoms with Gasteiger partial charge in [0.2, 0.25) is 0 Å². The zero-order chi connectivity index (χ0) is 21.2. The molecule has 29 heavy (non-hydrogen) atoms. The molecule has 0 radical (unpaired) electrons. The molecule has 0 spiro atoms. The van der Waals surface area contributed by atoms with Gasteiger partial charge in [0.15, 0.2) is 12.6 Å². The molecule has 1 aromatic carbocycles. The minimum absolute atomic E-state index is 0.0692. The van der Waals surface area contributed by atoms with Crippen LogP contribution in [0.1, 0.15) is 11.9 Å². The van der Waals surface area contributed by atoms with E-state index in [1.807, 2.05) is 0 Å². The highest BCUT2D eigenvalue weighted by atomic mass is 32.2. The molecule has 10 nitrogen and oxygen atoms in total. The lowest BCUT2D eigenvalue weighted by Crippen LogP contribution is -2.62. The summed E-state index contributed by atoms with van der Waals surface area (Å²) in [5, 5.41) is 3.43. The summed E-state index contributed by atoms with van der Waals surface area (Å²) in [6, 6.07) is 7.08. The van der Waals surface area contributed by atoms with Crippen LogP contribution in [0.15, 0.2) is 35.4 Å². The standard InChI is InChI=1S/C15H16F3N3O7S/c1-24-14-12(28-29(22,23)15(16,17)18)10(20-21-19)11-9(26-14)7-25-13(27-11)8-5-3-2-4-6-8/h2-6,9-14H,7H2,1H3/t9-,10+,11-,12-,13-,14+/m1/s1. The van der Waals surface area contributed by atoms with Gasteiger partial charge in [0.05, 0.1) is 12.6 Å². The highest BCUT2D eigenvalue weighted by Crippen LogP contribution is 2.38. The third-order valence-corrected chi connectivity index (χ3v) is 5.36. The number of hydrogen-bond donors (Lipinski definition) is 0. The fourth-order valence-corrected chi connectivity index (χ4v) is 3.64. The topological polar surface area (TPSA) is 129 Å². The van der Waals surface area contributed by atoms with Gasteiger partial charge in [0.1, 0.15) is 18.3 Å². The van der Waals surface area contributed by atoms with Crippen LogP contribution in [0.3, 0.4) is 0 Å². The van der Waals surface area contributed by atoms with Gasteiger partial charge in [0, 0.05) is 17.6 Å². The van der Waals surface area contributed by atoms with Gasteiger partial charge in [-0.15, -0.1) is 0 Å². The number of alkyl halides is 3. The second-order valence-electron chi connectivity index (χ2n) is 6.11. The largest absolute Gasteiger partial charge is 0.523 e. The van der Waals surface area contributed by atoms with E-state index < -0.39 is 52.6 Å². The second kappa shape index (κ2) is 8.44. The normalized spacial score (nSPS) is 32.8. The van der Waals surface area contributed by atoms with E-state index in [0.717, 1.165) is 7.11 Å². The molecule has 0 aromatic heterocycles. The monoisotopic (exact) mass is 439 g/mol. The molecule has 2 fully saturated rings. The fraction of sp³-hybridized carbons (Fsp3) is 0.600. The summed E-state index contributed by atoms with van der Waals surface area (Å²) in [4.78, 5) is 2.60. The molecule has 3 rings (SSSR count). The number of fused-ring (bicyclic) bond motifs is 1. The first-order valence-corrected chi connectivity index (χ1v) is 9.63. The molecule has 14 heteroatoms. The third-order valence-electron chi connectivity index (χ3n) is 4.32. The molecule has 160 valence electrons. The zero-order valence-corrected chi connectivity index (χ0v) is 15.6. The molecule has 0 saturated carbocycles. The Labute approximate surface area is 163 Å². The number of rotatable bonds is 5. The van der Waals surface area contributed by atoms with Crippen molar-refractivity contribution in [2.75, 3.05) is 13.7 Å². The van der Waals surface area contributed by atoms with Crippen LogP contribution in [0.5, 0.6) is 0 Å². The minimum atomic E-state index is -6.03. The van der Waals surface area contributed by atoms with Gasteiger partial charge in [-0.3, -0.25) is 4.18 Å². The summed E-state index contributed by atoms with van der Waals surface area (Å²) in [6.07, 6.45) is -6.49. The van der Waals surface area contributed by atoms with Crippen LogP contribution in [0.25, 0.3) is 10.4 Å². The van der Waals surface area contributed by atoms with Gasteiger partial charge in [-0.1, -0.05) is 35.4 Å². The number of ether oxygens (including phenoxy) is 4. The number of halogens is 3. The Bertz CT molecular complexity index is 864. The van der Waals surface area contributed by atoms with E-state index in [1.54, 1.807) is 30.3 Å². The lowest BCUT2D eigenvalue weighted by atomic mass is 9.96. The highest BCUT2D eigenvalue weighted by Gasteiger charge is 2.56. The van der Waals surface area contributed by atoms with Gasteiger partial charge in [-0.2, -0.15) is 21.6 Å². The number of methoxy groups -OCH3 is 1. The van der Waals surface area contributed by atoms with Gasteiger partial charge in [-0.05, 0) is 5.53 Å². The maximum absolute atomic E-state index is 12.8. The predicted molar refractivity (Wildman–Crippen MR) is 88.5 cm³/mol. The Balaban J connectivity index is 1.91. The van der Waals surface area contributed by atoms with Crippen LogP contribution in [0.4, 0.5) is 13.2 Å². The van der Waals surface area contributed by atoms with E-state index in [9.17, 15) is 21.6 Å². The first kappa shape index (κ1) is 21.8. The maximum atomic E-state index is 12.8. The molecule has 0 bridgehead atoms. The van der Waals surface area contributed by atoms with Crippen LogP contribution in [-0.4, -0.2) is 58.3 Å². The number of hydrogen-bond acceptors (Lipinski definition) is 8. The molecule has 1 aromatic rings. The van der Waals surface area contributed by atoms with Gasteiger partial charge in [-0.25, -0.2) is 0 Å². The second-order valence-corrected chi connectivity index (χ2v) is 7.68. The zero-order valence-electron chi connectivity index (χ0n) is 14.8. The van der Waals surface area contributed by atoms with E-state index in [1.165, 1.54) is 0 Å². The first-order chi connectivity index (χ1) is 13.7. The summed E-state index contributed by atoms with van der Waals surface area (Å²) in [6.45, 7) is -0.0692. The summed E-state index contributed by atoms with van der Waals surface area (Å²) < 4.78 is 87.4. The van der Waals surface area contributed by atoms with Crippen LogP contribution >= 0.6 is 0 Å². The third kappa shape index (κ3) is 4.48. The molecular formula is C15H16F3N3O7S. The lowest BCUT2D eigenvalue weighted by Gasteiger charge is -2.47. The van der Waals surface area contributed by atoms with Crippen molar-refractivity contribution in [2.24, 2.45) is 5.11 Å². The Hall–Kier alpha value is -1.93. The van der Waals surface area contributed by atoms with Crippen molar-refractivity contribution in [2.45, 2.75) is 42.4 Å². The van der Waals surface area contributed by atoms with Crippen molar-refractivity contribution in [3.8, 4) is 0 Å². The molecule has 6 atom stereocenters. The van der Waals surface area contributed by atoms with E-state index >= 15 is 0 Å². The van der Waals surface area contributed by atoms with E-state index in [0.29, 0.717) is 5.56 Å². The Morgan fingerprint density at radius 1 is 1.24 bits per heavy atom. The maximum Gasteiger partial charge on any atom is 0.523 e. The molecule has 2 heterocycles. The summed E-state index contributed by atoms with van der Waals surface area (Å²) >= 11 is 0. The van der Waals surface area contributed by atoms with Crippen molar-refractivity contribution < 1.29 is 44.7 Å². The van der Waals surface area contributed by atoms with Gasteiger partial charge in [0.25, 0.3) is 0 Å². The number of azide groups is 1. The number of benzene rings is 1. The SMILES string of the molecule is CO[C@H]1O[C@@H]2CO[C@@H](c3ccccc3)O[C@H]2[C@H](N=[N+]=[N-])[C@H]1OS(=O)(=O)C(F)(F)F. The van der Waals surface area contributed by atoms with Crippen molar-refractivity contribution >= 4 is 10.1 Å². The van der Waals surface area contributed by atoms with Crippen LogP contribution in [0.2, 0.25) is 0 Å². The molecule has 2 aliphatic rings. The van der Waals surface area contributed by atoms with Crippen LogP contribution in [0, 0.1) is 0 Å². The molecule has 0 amide bonds. The van der Waals surface area contributed by atoms with E-state index in [4.69, 9.17) is 24.5 Å². The molecule has 2 saturated heterocycles.